The van der Waals surface area contributed by atoms with Gasteiger partial charge >= 0.3 is 11.9 Å². The predicted octanol–water partition coefficient (Wildman–Crippen LogP) is 1.96. The summed E-state index contributed by atoms with van der Waals surface area (Å²) < 4.78 is 4.57. The molecule has 2 atom stereocenters. The maximum atomic E-state index is 11.5. The molecule has 1 aliphatic carbocycles. The van der Waals surface area contributed by atoms with Gasteiger partial charge in [-0.3, -0.25) is 9.59 Å². The molecule has 1 aromatic carbocycles. The van der Waals surface area contributed by atoms with Crippen molar-refractivity contribution in [3.05, 3.63) is 42.0 Å². The first kappa shape index (κ1) is 12.4. The third kappa shape index (κ3) is 2.01. The number of esters is 1. The Morgan fingerprint density at radius 3 is 2.61 bits per heavy atom. The highest BCUT2D eigenvalue weighted by Gasteiger charge is 2.66. The van der Waals surface area contributed by atoms with Gasteiger partial charge in [0.25, 0.3) is 0 Å². The molecule has 2 rings (SSSR count). The normalized spacial score (nSPS) is 25.9. The average Bonchev–Trinajstić information content (AvgIpc) is 3.12. The van der Waals surface area contributed by atoms with E-state index in [1.54, 1.807) is 6.08 Å². The van der Waals surface area contributed by atoms with E-state index in [2.05, 4.69) is 4.74 Å². The lowest BCUT2D eigenvalue weighted by atomic mass is 10.0. The Balaban J connectivity index is 2.12. The summed E-state index contributed by atoms with van der Waals surface area (Å²) >= 11 is 0. The Morgan fingerprint density at radius 2 is 2.06 bits per heavy atom. The number of hydrogen-bond donors (Lipinski definition) is 1. The summed E-state index contributed by atoms with van der Waals surface area (Å²) in [7, 11) is 1.21. The van der Waals surface area contributed by atoms with Crippen LogP contribution in [0.4, 0.5) is 0 Å². The summed E-state index contributed by atoms with van der Waals surface area (Å²) in [5.74, 6) is -2.07. The third-order valence-corrected chi connectivity index (χ3v) is 3.27. The van der Waals surface area contributed by atoms with Gasteiger partial charge in [-0.05, 0) is 12.0 Å². The van der Waals surface area contributed by atoms with Gasteiger partial charge in [-0.1, -0.05) is 42.5 Å². The Labute approximate surface area is 105 Å². The molecule has 0 aliphatic heterocycles. The Bertz CT molecular complexity index is 492. The van der Waals surface area contributed by atoms with Crippen molar-refractivity contribution in [2.75, 3.05) is 7.11 Å². The van der Waals surface area contributed by atoms with Crippen LogP contribution in [0.5, 0.6) is 0 Å². The summed E-state index contributed by atoms with van der Waals surface area (Å²) in [5, 5.41) is 9.14. The monoisotopic (exact) mass is 246 g/mol. The molecule has 1 aromatic rings. The predicted molar refractivity (Wildman–Crippen MR) is 65.7 cm³/mol. The van der Waals surface area contributed by atoms with Crippen LogP contribution >= 0.6 is 0 Å². The molecule has 4 nitrogen and oxygen atoms in total. The molecule has 0 bridgehead atoms. The van der Waals surface area contributed by atoms with Crippen LogP contribution in [-0.4, -0.2) is 24.2 Å². The molecule has 1 fully saturated rings. The number of methoxy groups -OCH3 is 1. The topological polar surface area (TPSA) is 63.6 Å². The molecule has 0 amide bonds. The van der Waals surface area contributed by atoms with Crippen LogP contribution in [-0.2, 0) is 14.3 Å². The fraction of sp³-hybridized carbons (Fsp3) is 0.286. The van der Waals surface area contributed by atoms with Crippen molar-refractivity contribution in [1.82, 2.24) is 0 Å². The van der Waals surface area contributed by atoms with Crippen molar-refractivity contribution in [3.63, 3.8) is 0 Å². The summed E-state index contributed by atoms with van der Waals surface area (Å²) in [6, 6.07) is 9.54. The second-order valence-electron chi connectivity index (χ2n) is 4.35. The van der Waals surface area contributed by atoms with E-state index in [0.717, 1.165) is 5.56 Å². The van der Waals surface area contributed by atoms with E-state index in [0.29, 0.717) is 6.42 Å². The number of allylic oxidation sites excluding steroid dienone is 1. The Hall–Kier alpha value is -2.10. The van der Waals surface area contributed by atoms with E-state index in [4.69, 9.17) is 5.11 Å². The molecule has 0 spiro atoms. The second-order valence-corrected chi connectivity index (χ2v) is 4.35. The van der Waals surface area contributed by atoms with Crippen LogP contribution in [0.1, 0.15) is 12.0 Å². The minimum Gasteiger partial charge on any atom is -0.480 e. The first-order chi connectivity index (χ1) is 8.61. The molecule has 94 valence electrons. The fourth-order valence-corrected chi connectivity index (χ4v) is 2.06. The van der Waals surface area contributed by atoms with E-state index in [9.17, 15) is 9.59 Å². The van der Waals surface area contributed by atoms with E-state index >= 15 is 0 Å². The SMILES string of the molecule is COC(=O)C1(C(=O)O)CC1/C=C/c1ccccc1. The number of rotatable bonds is 4. The number of benzene rings is 1. The van der Waals surface area contributed by atoms with Crippen LogP contribution in [0.2, 0.25) is 0 Å². The van der Waals surface area contributed by atoms with Gasteiger partial charge in [0.1, 0.15) is 0 Å². The first-order valence-corrected chi connectivity index (χ1v) is 5.66. The van der Waals surface area contributed by atoms with Crippen molar-refractivity contribution in [2.24, 2.45) is 11.3 Å². The number of carboxylic acids is 1. The molecule has 0 saturated heterocycles. The second kappa shape index (κ2) is 4.64. The number of carbonyl (C=O) groups excluding carboxylic acids is 1. The van der Waals surface area contributed by atoms with Crippen molar-refractivity contribution in [2.45, 2.75) is 6.42 Å². The van der Waals surface area contributed by atoms with Gasteiger partial charge in [0, 0.05) is 5.92 Å². The molecule has 18 heavy (non-hydrogen) atoms. The van der Waals surface area contributed by atoms with Crippen molar-refractivity contribution >= 4 is 18.0 Å². The average molecular weight is 246 g/mol. The van der Waals surface area contributed by atoms with Gasteiger partial charge in [-0.15, -0.1) is 0 Å². The van der Waals surface area contributed by atoms with Crippen molar-refractivity contribution < 1.29 is 19.4 Å². The van der Waals surface area contributed by atoms with E-state index in [1.165, 1.54) is 7.11 Å². The quantitative estimate of drug-likeness (QED) is 0.651. The fourth-order valence-electron chi connectivity index (χ4n) is 2.06. The summed E-state index contributed by atoms with van der Waals surface area (Å²) in [6.45, 7) is 0. The van der Waals surface area contributed by atoms with E-state index in [1.807, 2.05) is 36.4 Å². The Morgan fingerprint density at radius 1 is 1.39 bits per heavy atom. The third-order valence-electron chi connectivity index (χ3n) is 3.27. The van der Waals surface area contributed by atoms with Crippen LogP contribution in [0.25, 0.3) is 6.08 Å². The smallest absolute Gasteiger partial charge is 0.323 e. The van der Waals surface area contributed by atoms with Crippen molar-refractivity contribution in [1.29, 1.82) is 0 Å². The van der Waals surface area contributed by atoms with Crippen LogP contribution in [0.3, 0.4) is 0 Å². The van der Waals surface area contributed by atoms with Gasteiger partial charge in [0.05, 0.1) is 7.11 Å². The molecule has 4 heteroatoms. The lowest BCUT2D eigenvalue weighted by Gasteiger charge is -2.07. The van der Waals surface area contributed by atoms with Gasteiger partial charge in [-0.2, -0.15) is 0 Å². The molecule has 1 N–H and O–H groups in total. The van der Waals surface area contributed by atoms with Crippen molar-refractivity contribution in [3.8, 4) is 0 Å². The largest absolute Gasteiger partial charge is 0.480 e. The highest BCUT2D eigenvalue weighted by molar-refractivity contribution is 6.03. The first-order valence-electron chi connectivity index (χ1n) is 5.66. The highest BCUT2D eigenvalue weighted by atomic mass is 16.5. The lowest BCUT2D eigenvalue weighted by molar-refractivity contribution is -0.159. The maximum Gasteiger partial charge on any atom is 0.323 e. The number of ether oxygens (including phenoxy) is 1. The highest BCUT2D eigenvalue weighted by Crippen LogP contribution is 2.54. The minimum atomic E-state index is -1.37. The van der Waals surface area contributed by atoms with Crippen LogP contribution in [0.15, 0.2) is 36.4 Å². The zero-order valence-corrected chi connectivity index (χ0v) is 10.00. The number of carbonyl (C=O) groups is 2. The number of hydrogen-bond acceptors (Lipinski definition) is 3. The maximum absolute atomic E-state index is 11.5. The zero-order chi connectivity index (χ0) is 13.2. The molecule has 1 aliphatic rings. The molecule has 0 radical (unpaired) electrons. The van der Waals surface area contributed by atoms with Gasteiger partial charge in [-0.25, -0.2) is 0 Å². The zero-order valence-electron chi connectivity index (χ0n) is 10.00. The molecule has 0 heterocycles. The molecule has 2 unspecified atom stereocenters. The number of carboxylic acid groups (broad SMARTS) is 1. The van der Waals surface area contributed by atoms with Gasteiger partial charge in [0.15, 0.2) is 5.41 Å². The van der Waals surface area contributed by atoms with Gasteiger partial charge < -0.3 is 9.84 Å². The lowest BCUT2D eigenvalue weighted by Crippen LogP contribution is -2.28. The summed E-state index contributed by atoms with van der Waals surface area (Å²) in [4.78, 5) is 22.7. The van der Waals surface area contributed by atoms with Crippen LogP contribution in [0, 0.1) is 11.3 Å². The standard InChI is InChI=1S/C14H14O4/c1-18-13(17)14(12(15)16)9-11(14)8-7-10-5-3-2-4-6-10/h2-8,11H,9H2,1H3,(H,15,16)/b8-7+. The number of aliphatic carboxylic acids is 1. The molecule has 0 aromatic heterocycles. The summed E-state index contributed by atoms with van der Waals surface area (Å²) in [5.41, 5.74) is -0.395. The summed E-state index contributed by atoms with van der Waals surface area (Å²) in [6.07, 6.45) is 3.90. The minimum absolute atomic E-state index is 0.289. The van der Waals surface area contributed by atoms with E-state index < -0.39 is 17.4 Å². The Kier molecular flexibility index (Phi) is 3.19. The van der Waals surface area contributed by atoms with Crippen LogP contribution < -0.4 is 0 Å². The van der Waals surface area contributed by atoms with Gasteiger partial charge in [0.2, 0.25) is 0 Å². The molecule has 1 saturated carbocycles. The molecular weight excluding hydrogens is 232 g/mol. The van der Waals surface area contributed by atoms with E-state index in [-0.39, 0.29) is 5.92 Å². The molecular formula is C14H14O4.